The summed E-state index contributed by atoms with van der Waals surface area (Å²) in [5.74, 6) is 2.30. The Morgan fingerprint density at radius 2 is 2.14 bits per heavy atom. The van der Waals surface area contributed by atoms with Crippen LogP contribution in [0, 0.1) is 0 Å². The Balaban J connectivity index is 1.89. The van der Waals surface area contributed by atoms with Gasteiger partial charge in [-0.15, -0.1) is 0 Å². The fourth-order valence-corrected chi connectivity index (χ4v) is 2.32. The minimum atomic E-state index is 0.601. The molecule has 0 fully saturated rings. The molecule has 3 rings (SSSR count). The quantitative estimate of drug-likeness (QED) is 0.696. The van der Waals surface area contributed by atoms with Gasteiger partial charge >= 0.3 is 0 Å². The van der Waals surface area contributed by atoms with E-state index in [0.29, 0.717) is 18.3 Å². The molecule has 5 heteroatoms. The number of aromatic nitrogens is 3. The van der Waals surface area contributed by atoms with Gasteiger partial charge in [0.25, 0.3) is 0 Å². The molecule has 0 amide bonds. The fraction of sp³-hybridized carbons (Fsp3) is 0.375. The highest BCUT2D eigenvalue weighted by Crippen LogP contribution is 2.27. The van der Waals surface area contributed by atoms with Crippen LogP contribution in [-0.2, 0) is 13.0 Å². The third-order valence-electron chi connectivity index (χ3n) is 3.36. The van der Waals surface area contributed by atoms with Crippen LogP contribution in [0.5, 0.6) is 5.75 Å². The first-order chi connectivity index (χ1) is 10.3. The second-order valence-electron chi connectivity index (χ2n) is 4.94. The SMILES string of the molecule is CCCOc1cccc2c1ccn2Cc1noc(CC)n1. The van der Waals surface area contributed by atoms with E-state index >= 15 is 0 Å². The van der Waals surface area contributed by atoms with Crippen molar-refractivity contribution in [2.75, 3.05) is 6.61 Å². The van der Waals surface area contributed by atoms with Crippen molar-refractivity contribution in [2.24, 2.45) is 0 Å². The van der Waals surface area contributed by atoms with E-state index in [1.54, 1.807) is 0 Å². The molecule has 0 saturated heterocycles. The van der Waals surface area contributed by atoms with E-state index in [0.717, 1.165) is 36.1 Å². The maximum Gasteiger partial charge on any atom is 0.226 e. The number of ether oxygens (including phenoxy) is 1. The van der Waals surface area contributed by atoms with Crippen molar-refractivity contribution in [1.29, 1.82) is 0 Å². The van der Waals surface area contributed by atoms with E-state index in [2.05, 4.69) is 33.8 Å². The van der Waals surface area contributed by atoms with Gasteiger partial charge in [-0.05, 0) is 24.6 Å². The average molecular weight is 285 g/mol. The summed E-state index contributed by atoms with van der Waals surface area (Å²) in [5, 5.41) is 5.12. The van der Waals surface area contributed by atoms with Crippen molar-refractivity contribution in [2.45, 2.75) is 33.2 Å². The first-order valence-electron chi connectivity index (χ1n) is 7.34. The Morgan fingerprint density at radius 1 is 1.24 bits per heavy atom. The van der Waals surface area contributed by atoms with Crippen LogP contribution in [0.3, 0.4) is 0 Å². The monoisotopic (exact) mass is 285 g/mol. The number of rotatable bonds is 6. The second-order valence-corrected chi connectivity index (χ2v) is 4.94. The lowest BCUT2D eigenvalue weighted by molar-refractivity contribution is 0.321. The van der Waals surface area contributed by atoms with Crippen molar-refractivity contribution in [3.8, 4) is 5.75 Å². The van der Waals surface area contributed by atoms with Crippen LogP contribution in [0.2, 0.25) is 0 Å². The highest BCUT2D eigenvalue weighted by Gasteiger charge is 2.10. The molecule has 0 radical (unpaired) electrons. The molecule has 2 aromatic heterocycles. The zero-order chi connectivity index (χ0) is 14.7. The molecule has 5 nitrogen and oxygen atoms in total. The lowest BCUT2D eigenvalue weighted by atomic mass is 10.2. The Kier molecular flexibility index (Phi) is 3.90. The normalized spacial score (nSPS) is 11.1. The summed E-state index contributed by atoms with van der Waals surface area (Å²) in [4.78, 5) is 4.35. The molecular weight excluding hydrogens is 266 g/mol. The van der Waals surface area contributed by atoms with Crippen molar-refractivity contribution in [3.63, 3.8) is 0 Å². The Morgan fingerprint density at radius 3 is 2.90 bits per heavy atom. The van der Waals surface area contributed by atoms with Gasteiger partial charge in [0.05, 0.1) is 18.7 Å². The minimum Gasteiger partial charge on any atom is -0.493 e. The molecule has 0 unspecified atom stereocenters. The maximum absolute atomic E-state index is 5.79. The van der Waals surface area contributed by atoms with Gasteiger partial charge in [-0.2, -0.15) is 4.98 Å². The summed E-state index contributed by atoms with van der Waals surface area (Å²) in [6, 6.07) is 8.17. The molecule has 21 heavy (non-hydrogen) atoms. The van der Waals surface area contributed by atoms with Gasteiger partial charge in [0, 0.05) is 18.0 Å². The number of aryl methyl sites for hydroxylation is 1. The van der Waals surface area contributed by atoms with Gasteiger partial charge in [-0.25, -0.2) is 0 Å². The highest BCUT2D eigenvalue weighted by molar-refractivity contribution is 5.86. The van der Waals surface area contributed by atoms with E-state index in [1.807, 2.05) is 25.3 Å². The topological polar surface area (TPSA) is 53.1 Å². The third-order valence-corrected chi connectivity index (χ3v) is 3.36. The zero-order valence-corrected chi connectivity index (χ0v) is 12.4. The molecule has 2 heterocycles. The molecule has 0 bridgehead atoms. The molecule has 1 aromatic carbocycles. The van der Waals surface area contributed by atoms with Gasteiger partial charge in [-0.3, -0.25) is 0 Å². The van der Waals surface area contributed by atoms with Gasteiger partial charge in [0.2, 0.25) is 5.89 Å². The molecule has 0 saturated carbocycles. The summed E-state index contributed by atoms with van der Waals surface area (Å²) in [6.45, 7) is 5.44. The Hall–Kier alpha value is -2.30. The van der Waals surface area contributed by atoms with E-state index in [1.165, 1.54) is 0 Å². The zero-order valence-electron chi connectivity index (χ0n) is 12.4. The van der Waals surface area contributed by atoms with Crippen LogP contribution < -0.4 is 4.74 Å². The minimum absolute atomic E-state index is 0.601. The predicted molar refractivity (Wildman–Crippen MR) is 80.5 cm³/mol. The molecule has 110 valence electrons. The van der Waals surface area contributed by atoms with E-state index in [9.17, 15) is 0 Å². The van der Waals surface area contributed by atoms with Crippen LogP contribution in [0.4, 0.5) is 0 Å². The summed E-state index contributed by atoms with van der Waals surface area (Å²) in [7, 11) is 0. The summed E-state index contributed by atoms with van der Waals surface area (Å²) in [5.41, 5.74) is 1.12. The van der Waals surface area contributed by atoms with E-state index in [4.69, 9.17) is 9.26 Å². The van der Waals surface area contributed by atoms with Gasteiger partial charge in [-0.1, -0.05) is 25.1 Å². The van der Waals surface area contributed by atoms with Gasteiger partial charge in [0.15, 0.2) is 5.82 Å². The van der Waals surface area contributed by atoms with Gasteiger partial charge < -0.3 is 13.8 Å². The lowest BCUT2D eigenvalue weighted by Crippen LogP contribution is -2.00. The molecule has 3 aromatic rings. The number of hydrogen-bond acceptors (Lipinski definition) is 4. The molecule has 0 atom stereocenters. The second kappa shape index (κ2) is 5.99. The molecule has 0 aliphatic heterocycles. The van der Waals surface area contributed by atoms with Crippen LogP contribution in [0.15, 0.2) is 35.0 Å². The van der Waals surface area contributed by atoms with Crippen molar-refractivity contribution in [3.05, 3.63) is 42.2 Å². The summed E-state index contributed by atoms with van der Waals surface area (Å²) < 4.78 is 13.1. The average Bonchev–Trinajstić information content (AvgIpc) is 3.13. The van der Waals surface area contributed by atoms with Crippen molar-refractivity contribution < 1.29 is 9.26 Å². The smallest absolute Gasteiger partial charge is 0.226 e. The Bertz CT molecular complexity index is 730. The summed E-state index contributed by atoms with van der Waals surface area (Å²) in [6.07, 6.45) is 3.79. The number of hydrogen-bond donors (Lipinski definition) is 0. The van der Waals surface area contributed by atoms with Gasteiger partial charge in [0.1, 0.15) is 5.75 Å². The number of nitrogens with zero attached hydrogens (tertiary/aromatic N) is 3. The van der Waals surface area contributed by atoms with Crippen molar-refractivity contribution >= 4 is 10.9 Å². The fourth-order valence-electron chi connectivity index (χ4n) is 2.32. The largest absolute Gasteiger partial charge is 0.493 e. The van der Waals surface area contributed by atoms with Crippen LogP contribution in [-0.4, -0.2) is 21.3 Å². The number of benzene rings is 1. The standard InChI is InChI=1S/C16H19N3O2/c1-3-10-20-14-7-5-6-13-12(14)8-9-19(13)11-15-17-16(4-2)21-18-15/h5-9H,3-4,10-11H2,1-2H3. The Labute approximate surface area is 123 Å². The van der Waals surface area contributed by atoms with E-state index < -0.39 is 0 Å². The predicted octanol–water partition coefficient (Wildman–Crippen LogP) is 3.42. The van der Waals surface area contributed by atoms with Crippen LogP contribution >= 0.6 is 0 Å². The first kappa shape index (κ1) is 13.7. The van der Waals surface area contributed by atoms with Crippen molar-refractivity contribution in [1.82, 2.24) is 14.7 Å². The first-order valence-corrected chi connectivity index (χ1v) is 7.34. The van der Waals surface area contributed by atoms with Crippen LogP contribution in [0.1, 0.15) is 32.0 Å². The van der Waals surface area contributed by atoms with E-state index in [-0.39, 0.29) is 0 Å². The maximum atomic E-state index is 5.79. The molecular formula is C16H19N3O2. The third kappa shape index (κ3) is 2.77. The molecule has 0 N–H and O–H groups in total. The summed E-state index contributed by atoms with van der Waals surface area (Å²) >= 11 is 0. The van der Waals surface area contributed by atoms with Crippen LogP contribution in [0.25, 0.3) is 10.9 Å². The highest BCUT2D eigenvalue weighted by atomic mass is 16.5. The molecule has 0 spiro atoms. The lowest BCUT2D eigenvalue weighted by Gasteiger charge is -2.07. The number of fused-ring (bicyclic) bond motifs is 1. The molecule has 0 aliphatic carbocycles. The molecule has 0 aliphatic rings.